The summed E-state index contributed by atoms with van der Waals surface area (Å²) in [5.74, 6) is 2.68. The standard InChI is InChI=1S/C17H25NO/c1-2-18-16-8-5-6-14(16)12-13-10-11-19-17-9-4-3-7-15(13)17/h3-4,7,9,13-14,16,18H,2,5-6,8,10-12H2,1H3. The highest BCUT2D eigenvalue weighted by Gasteiger charge is 2.31. The van der Waals surface area contributed by atoms with E-state index in [0.717, 1.165) is 30.9 Å². The fraction of sp³-hybridized carbons (Fsp3) is 0.647. The third-order valence-electron chi connectivity index (χ3n) is 4.80. The van der Waals surface area contributed by atoms with E-state index >= 15 is 0 Å². The predicted octanol–water partition coefficient (Wildman–Crippen LogP) is 3.72. The van der Waals surface area contributed by atoms with E-state index in [9.17, 15) is 0 Å². The number of hydrogen-bond donors (Lipinski definition) is 1. The molecule has 0 radical (unpaired) electrons. The monoisotopic (exact) mass is 259 g/mol. The van der Waals surface area contributed by atoms with Crippen LogP contribution in [0.1, 0.15) is 50.5 Å². The molecule has 1 N–H and O–H groups in total. The zero-order valence-corrected chi connectivity index (χ0v) is 11.9. The number of fused-ring (bicyclic) bond motifs is 1. The van der Waals surface area contributed by atoms with E-state index in [-0.39, 0.29) is 0 Å². The Bertz CT molecular complexity index is 417. The minimum Gasteiger partial charge on any atom is -0.493 e. The molecule has 0 saturated heterocycles. The molecule has 3 atom stereocenters. The first-order chi connectivity index (χ1) is 9.38. The van der Waals surface area contributed by atoms with Gasteiger partial charge in [0, 0.05) is 6.04 Å². The first-order valence-corrected chi connectivity index (χ1v) is 7.83. The van der Waals surface area contributed by atoms with E-state index < -0.39 is 0 Å². The summed E-state index contributed by atoms with van der Waals surface area (Å²) in [4.78, 5) is 0. The lowest BCUT2D eigenvalue weighted by Crippen LogP contribution is -2.33. The van der Waals surface area contributed by atoms with E-state index in [1.807, 2.05) is 0 Å². The molecule has 0 amide bonds. The third kappa shape index (κ3) is 2.79. The van der Waals surface area contributed by atoms with Crippen LogP contribution in [0, 0.1) is 5.92 Å². The number of hydrogen-bond acceptors (Lipinski definition) is 2. The summed E-state index contributed by atoms with van der Waals surface area (Å²) in [6.07, 6.45) is 6.68. The van der Waals surface area contributed by atoms with Crippen molar-refractivity contribution in [1.29, 1.82) is 0 Å². The normalized spacial score (nSPS) is 29.8. The molecule has 2 nitrogen and oxygen atoms in total. The molecule has 1 aliphatic heterocycles. The maximum Gasteiger partial charge on any atom is 0.122 e. The molecule has 2 heteroatoms. The molecular weight excluding hydrogens is 234 g/mol. The minimum atomic E-state index is 0.703. The number of para-hydroxylation sites is 1. The first kappa shape index (κ1) is 13.0. The van der Waals surface area contributed by atoms with E-state index in [1.54, 1.807) is 0 Å². The summed E-state index contributed by atoms with van der Waals surface area (Å²) in [5, 5.41) is 3.68. The van der Waals surface area contributed by atoms with Gasteiger partial charge in [0.05, 0.1) is 6.61 Å². The lowest BCUT2D eigenvalue weighted by atomic mass is 9.83. The second-order valence-electron chi connectivity index (χ2n) is 5.96. The average Bonchev–Trinajstić information content (AvgIpc) is 2.87. The van der Waals surface area contributed by atoms with Gasteiger partial charge in [0.1, 0.15) is 5.75 Å². The zero-order valence-electron chi connectivity index (χ0n) is 11.9. The quantitative estimate of drug-likeness (QED) is 0.889. The first-order valence-electron chi connectivity index (χ1n) is 7.83. The molecule has 1 aromatic carbocycles. The van der Waals surface area contributed by atoms with Crippen molar-refractivity contribution in [3.05, 3.63) is 29.8 Å². The largest absolute Gasteiger partial charge is 0.493 e. The maximum atomic E-state index is 5.78. The highest BCUT2D eigenvalue weighted by Crippen LogP contribution is 2.41. The summed E-state index contributed by atoms with van der Waals surface area (Å²) < 4.78 is 5.78. The Balaban J connectivity index is 1.70. The highest BCUT2D eigenvalue weighted by atomic mass is 16.5. The van der Waals surface area contributed by atoms with E-state index in [2.05, 4.69) is 36.5 Å². The van der Waals surface area contributed by atoms with Crippen molar-refractivity contribution in [2.75, 3.05) is 13.2 Å². The van der Waals surface area contributed by atoms with E-state index in [0.29, 0.717) is 5.92 Å². The van der Waals surface area contributed by atoms with Gasteiger partial charge in [0.25, 0.3) is 0 Å². The van der Waals surface area contributed by atoms with Crippen LogP contribution in [0.4, 0.5) is 0 Å². The van der Waals surface area contributed by atoms with Gasteiger partial charge in [-0.05, 0) is 55.7 Å². The van der Waals surface area contributed by atoms with Gasteiger partial charge >= 0.3 is 0 Å². The Morgan fingerprint density at radius 1 is 1.21 bits per heavy atom. The zero-order chi connectivity index (χ0) is 13.1. The van der Waals surface area contributed by atoms with Crippen LogP contribution in [0.15, 0.2) is 24.3 Å². The van der Waals surface area contributed by atoms with Gasteiger partial charge in [-0.25, -0.2) is 0 Å². The molecular formula is C17H25NO. The Morgan fingerprint density at radius 2 is 2.11 bits per heavy atom. The molecule has 1 aliphatic carbocycles. The van der Waals surface area contributed by atoms with Crippen LogP contribution in [0.3, 0.4) is 0 Å². The molecule has 1 saturated carbocycles. The molecule has 19 heavy (non-hydrogen) atoms. The summed E-state index contributed by atoms with van der Waals surface area (Å²) in [5.41, 5.74) is 1.44. The SMILES string of the molecule is CCNC1CCCC1CC1CCOc2ccccc21. The number of nitrogens with one attached hydrogen (secondary N) is 1. The molecule has 1 aromatic rings. The molecule has 0 bridgehead atoms. The Kier molecular flexibility index (Phi) is 4.07. The van der Waals surface area contributed by atoms with Crippen molar-refractivity contribution in [3.8, 4) is 5.75 Å². The molecule has 1 fully saturated rings. The van der Waals surface area contributed by atoms with Gasteiger partial charge in [0.2, 0.25) is 0 Å². The number of rotatable bonds is 4. The molecule has 3 rings (SSSR count). The van der Waals surface area contributed by atoms with Gasteiger partial charge < -0.3 is 10.1 Å². The summed E-state index contributed by atoms with van der Waals surface area (Å²) >= 11 is 0. The maximum absolute atomic E-state index is 5.78. The topological polar surface area (TPSA) is 21.3 Å². The second kappa shape index (κ2) is 5.96. The van der Waals surface area contributed by atoms with Crippen molar-refractivity contribution in [2.24, 2.45) is 5.92 Å². The lowest BCUT2D eigenvalue weighted by molar-refractivity contribution is 0.244. The van der Waals surface area contributed by atoms with Crippen LogP contribution in [0.5, 0.6) is 5.75 Å². The number of ether oxygens (including phenoxy) is 1. The van der Waals surface area contributed by atoms with Crippen molar-refractivity contribution in [2.45, 2.75) is 51.0 Å². The molecule has 3 unspecified atom stereocenters. The molecule has 1 heterocycles. The Labute approximate surface area is 116 Å². The van der Waals surface area contributed by atoms with Crippen molar-refractivity contribution in [1.82, 2.24) is 5.32 Å². The van der Waals surface area contributed by atoms with Crippen molar-refractivity contribution >= 4 is 0 Å². The minimum absolute atomic E-state index is 0.703. The highest BCUT2D eigenvalue weighted by molar-refractivity contribution is 5.37. The predicted molar refractivity (Wildman–Crippen MR) is 78.7 cm³/mol. The van der Waals surface area contributed by atoms with Crippen LogP contribution in [-0.4, -0.2) is 19.2 Å². The van der Waals surface area contributed by atoms with Gasteiger partial charge in [-0.3, -0.25) is 0 Å². The molecule has 104 valence electrons. The fourth-order valence-corrected chi connectivity index (χ4v) is 3.88. The van der Waals surface area contributed by atoms with E-state index in [1.165, 1.54) is 37.7 Å². The molecule has 2 aliphatic rings. The smallest absolute Gasteiger partial charge is 0.122 e. The average molecular weight is 259 g/mol. The van der Waals surface area contributed by atoms with Crippen LogP contribution in [-0.2, 0) is 0 Å². The van der Waals surface area contributed by atoms with Crippen molar-refractivity contribution < 1.29 is 4.74 Å². The van der Waals surface area contributed by atoms with Crippen LogP contribution >= 0.6 is 0 Å². The van der Waals surface area contributed by atoms with Gasteiger partial charge in [-0.2, -0.15) is 0 Å². The summed E-state index contributed by atoms with van der Waals surface area (Å²) in [6, 6.07) is 9.36. The fourth-order valence-electron chi connectivity index (χ4n) is 3.88. The lowest BCUT2D eigenvalue weighted by Gasteiger charge is -2.30. The number of benzene rings is 1. The van der Waals surface area contributed by atoms with Gasteiger partial charge in [0.15, 0.2) is 0 Å². The summed E-state index contributed by atoms with van der Waals surface area (Å²) in [7, 11) is 0. The van der Waals surface area contributed by atoms with Crippen LogP contribution < -0.4 is 10.1 Å². The van der Waals surface area contributed by atoms with E-state index in [4.69, 9.17) is 4.74 Å². The molecule has 0 aromatic heterocycles. The molecule has 0 spiro atoms. The van der Waals surface area contributed by atoms with Gasteiger partial charge in [-0.15, -0.1) is 0 Å². The summed E-state index contributed by atoms with van der Waals surface area (Å²) in [6.45, 7) is 4.21. The Hall–Kier alpha value is -1.02. The van der Waals surface area contributed by atoms with Crippen LogP contribution in [0.25, 0.3) is 0 Å². The van der Waals surface area contributed by atoms with Crippen LogP contribution in [0.2, 0.25) is 0 Å². The Morgan fingerprint density at radius 3 is 3.00 bits per heavy atom. The van der Waals surface area contributed by atoms with Gasteiger partial charge in [-0.1, -0.05) is 31.5 Å². The second-order valence-corrected chi connectivity index (χ2v) is 5.96. The third-order valence-corrected chi connectivity index (χ3v) is 4.80. The van der Waals surface area contributed by atoms with Crippen molar-refractivity contribution in [3.63, 3.8) is 0 Å².